The molecule has 0 saturated carbocycles. The molecule has 3 heteroatoms. The van der Waals surface area contributed by atoms with E-state index in [9.17, 15) is 4.79 Å². The van der Waals surface area contributed by atoms with Crippen LogP contribution in [-0.2, 0) is 11.3 Å². The Morgan fingerprint density at radius 2 is 1.62 bits per heavy atom. The molecule has 3 nitrogen and oxygen atoms in total. The Bertz CT molecular complexity index is 631. The number of ether oxygens (including phenoxy) is 1. The lowest BCUT2D eigenvalue weighted by Crippen LogP contribution is -2.20. The molecule has 0 heterocycles. The van der Waals surface area contributed by atoms with Crippen LogP contribution in [0.3, 0.4) is 0 Å². The summed E-state index contributed by atoms with van der Waals surface area (Å²) in [5, 5.41) is 2.87. The molecule has 0 atom stereocenters. The van der Waals surface area contributed by atoms with Crippen molar-refractivity contribution >= 4 is 5.91 Å². The molecule has 1 amide bonds. The minimum Gasteiger partial charge on any atom is -0.497 e. The Labute approximate surface area is 177 Å². The molecular formula is C26H39NO2. The molecule has 1 N–H and O–H groups in total. The second-order valence-electron chi connectivity index (χ2n) is 7.36. The van der Waals surface area contributed by atoms with Crippen LogP contribution in [0.25, 0.3) is 0 Å². The smallest absolute Gasteiger partial charge is 0.244 e. The predicted molar refractivity (Wildman–Crippen MR) is 124 cm³/mol. The first-order chi connectivity index (χ1) is 14.3. The lowest BCUT2D eigenvalue weighted by atomic mass is 10.1. The number of rotatable bonds is 16. The van der Waals surface area contributed by atoms with Gasteiger partial charge < -0.3 is 10.1 Å². The Balaban J connectivity index is 2.03. The van der Waals surface area contributed by atoms with E-state index < -0.39 is 0 Å². The maximum absolute atomic E-state index is 11.8. The summed E-state index contributed by atoms with van der Waals surface area (Å²) in [6.07, 6.45) is 24.8. The molecule has 0 aliphatic rings. The van der Waals surface area contributed by atoms with Crippen molar-refractivity contribution in [2.24, 2.45) is 0 Å². The highest BCUT2D eigenvalue weighted by Gasteiger charge is 1.98. The van der Waals surface area contributed by atoms with Crippen molar-refractivity contribution in [3.05, 3.63) is 66.3 Å². The van der Waals surface area contributed by atoms with E-state index >= 15 is 0 Å². The van der Waals surface area contributed by atoms with Crippen molar-refractivity contribution in [3.63, 3.8) is 0 Å². The van der Waals surface area contributed by atoms with Crippen molar-refractivity contribution in [2.45, 2.75) is 77.7 Å². The SMILES string of the molecule is CCCCCCCCCCC\C=C/C=C\C=C/C(=O)NCc1cccc(OC)c1. The number of carbonyl (C=O) groups excluding carboxylic acids is 1. The van der Waals surface area contributed by atoms with Crippen molar-refractivity contribution < 1.29 is 9.53 Å². The van der Waals surface area contributed by atoms with Crippen LogP contribution in [0.15, 0.2) is 60.7 Å². The first-order valence-corrected chi connectivity index (χ1v) is 11.2. The summed E-state index contributed by atoms with van der Waals surface area (Å²) in [5.41, 5.74) is 1.01. The zero-order chi connectivity index (χ0) is 21.0. The highest BCUT2D eigenvalue weighted by molar-refractivity contribution is 5.87. The van der Waals surface area contributed by atoms with Gasteiger partial charge in [-0.1, -0.05) is 101 Å². The summed E-state index contributed by atoms with van der Waals surface area (Å²) in [7, 11) is 1.64. The number of hydrogen-bond acceptors (Lipinski definition) is 2. The van der Waals surface area contributed by atoms with Crippen LogP contribution in [-0.4, -0.2) is 13.0 Å². The maximum atomic E-state index is 11.8. The first kappa shape index (κ1) is 24.7. The monoisotopic (exact) mass is 397 g/mol. The summed E-state index contributed by atoms with van der Waals surface area (Å²) in [5.74, 6) is 0.695. The van der Waals surface area contributed by atoms with Gasteiger partial charge in [0.15, 0.2) is 0 Å². The Hall–Kier alpha value is -2.29. The molecule has 0 aliphatic carbocycles. The number of allylic oxidation sites excluding steroid dienone is 5. The molecule has 0 saturated heterocycles. The molecule has 29 heavy (non-hydrogen) atoms. The fraction of sp³-hybridized carbons (Fsp3) is 0.500. The number of methoxy groups -OCH3 is 1. The molecule has 0 fully saturated rings. The van der Waals surface area contributed by atoms with Crippen LogP contribution >= 0.6 is 0 Å². The number of nitrogens with one attached hydrogen (secondary N) is 1. The Kier molecular flexibility index (Phi) is 15.2. The van der Waals surface area contributed by atoms with Gasteiger partial charge in [-0.15, -0.1) is 0 Å². The van der Waals surface area contributed by atoms with Gasteiger partial charge in [0.2, 0.25) is 5.91 Å². The number of unbranched alkanes of at least 4 members (excludes halogenated alkanes) is 9. The van der Waals surface area contributed by atoms with Gasteiger partial charge in [0.25, 0.3) is 0 Å². The predicted octanol–water partition coefficient (Wildman–Crippen LogP) is 6.90. The molecular weight excluding hydrogens is 358 g/mol. The van der Waals surface area contributed by atoms with E-state index in [1.54, 1.807) is 19.3 Å². The van der Waals surface area contributed by atoms with Gasteiger partial charge in [-0.3, -0.25) is 4.79 Å². The minimum absolute atomic E-state index is 0.101. The fourth-order valence-corrected chi connectivity index (χ4v) is 3.05. The fourth-order valence-electron chi connectivity index (χ4n) is 3.05. The van der Waals surface area contributed by atoms with Gasteiger partial charge in [0.1, 0.15) is 5.75 Å². The van der Waals surface area contributed by atoms with E-state index in [1.807, 2.05) is 36.4 Å². The molecule has 0 radical (unpaired) electrons. The molecule has 0 bridgehead atoms. The number of amides is 1. The van der Waals surface area contributed by atoms with Crippen LogP contribution in [0.1, 0.15) is 76.7 Å². The zero-order valence-corrected chi connectivity index (χ0v) is 18.4. The lowest BCUT2D eigenvalue weighted by Gasteiger charge is -2.04. The minimum atomic E-state index is -0.101. The van der Waals surface area contributed by atoms with Gasteiger partial charge in [-0.25, -0.2) is 0 Å². The molecule has 0 aromatic heterocycles. The van der Waals surface area contributed by atoms with Crippen molar-refractivity contribution in [1.29, 1.82) is 0 Å². The zero-order valence-electron chi connectivity index (χ0n) is 18.4. The van der Waals surface area contributed by atoms with Gasteiger partial charge in [0, 0.05) is 12.6 Å². The van der Waals surface area contributed by atoms with Crippen molar-refractivity contribution in [1.82, 2.24) is 5.32 Å². The van der Waals surface area contributed by atoms with Crippen molar-refractivity contribution in [3.8, 4) is 5.75 Å². The number of carbonyl (C=O) groups is 1. The van der Waals surface area contributed by atoms with Crippen LogP contribution in [0.4, 0.5) is 0 Å². The number of hydrogen-bond donors (Lipinski definition) is 1. The van der Waals surface area contributed by atoms with E-state index in [0.717, 1.165) is 17.7 Å². The topological polar surface area (TPSA) is 38.3 Å². The molecule has 1 rings (SSSR count). The molecule has 0 spiro atoms. The van der Waals surface area contributed by atoms with E-state index in [2.05, 4.69) is 24.4 Å². The largest absolute Gasteiger partial charge is 0.497 e. The highest BCUT2D eigenvalue weighted by atomic mass is 16.5. The van der Waals surface area contributed by atoms with Gasteiger partial charge >= 0.3 is 0 Å². The molecule has 160 valence electrons. The average molecular weight is 398 g/mol. The van der Waals surface area contributed by atoms with E-state index in [0.29, 0.717) is 6.54 Å². The number of benzene rings is 1. The third-order valence-corrected chi connectivity index (χ3v) is 4.79. The van der Waals surface area contributed by atoms with Crippen LogP contribution in [0, 0.1) is 0 Å². The second kappa shape index (κ2) is 17.8. The summed E-state index contributed by atoms with van der Waals surface area (Å²) in [6.45, 7) is 2.75. The third kappa shape index (κ3) is 14.4. The summed E-state index contributed by atoms with van der Waals surface area (Å²) in [6, 6.07) is 7.69. The van der Waals surface area contributed by atoms with E-state index in [-0.39, 0.29) is 5.91 Å². The normalized spacial score (nSPS) is 11.7. The Morgan fingerprint density at radius 3 is 2.34 bits per heavy atom. The summed E-state index contributed by atoms with van der Waals surface area (Å²) >= 11 is 0. The van der Waals surface area contributed by atoms with Crippen LogP contribution < -0.4 is 10.1 Å². The molecule has 1 aromatic rings. The summed E-state index contributed by atoms with van der Waals surface area (Å²) < 4.78 is 5.18. The second-order valence-corrected chi connectivity index (χ2v) is 7.36. The van der Waals surface area contributed by atoms with E-state index in [4.69, 9.17) is 4.74 Å². The first-order valence-electron chi connectivity index (χ1n) is 11.2. The standard InChI is InChI=1S/C26H39NO2/c1-3-4-5-6-7-8-9-10-11-12-13-14-15-16-17-21-26(28)27-23-24-19-18-20-25(22-24)29-2/h13-22H,3-12,23H2,1-2H3,(H,27,28)/b14-13-,16-15-,21-17-. The molecule has 0 aliphatic heterocycles. The summed E-state index contributed by atoms with van der Waals surface area (Å²) in [4.78, 5) is 11.8. The molecule has 0 unspecified atom stereocenters. The average Bonchev–Trinajstić information content (AvgIpc) is 2.75. The van der Waals surface area contributed by atoms with Crippen molar-refractivity contribution in [2.75, 3.05) is 7.11 Å². The Morgan fingerprint density at radius 1 is 0.931 bits per heavy atom. The molecule has 1 aromatic carbocycles. The highest BCUT2D eigenvalue weighted by Crippen LogP contribution is 2.12. The van der Waals surface area contributed by atoms with Gasteiger partial charge in [-0.2, -0.15) is 0 Å². The quantitative estimate of drug-likeness (QED) is 0.187. The van der Waals surface area contributed by atoms with E-state index in [1.165, 1.54) is 57.8 Å². The maximum Gasteiger partial charge on any atom is 0.244 e. The van der Waals surface area contributed by atoms with Gasteiger partial charge in [0.05, 0.1) is 7.11 Å². The lowest BCUT2D eigenvalue weighted by molar-refractivity contribution is -0.116. The van der Waals surface area contributed by atoms with Crippen LogP contribution in [0.5, 0.6) is 5.75 Å². The third-order valence-electron chi connectivity index (χ3n) is 4.79. The van der Waals surface area contributed by atoms with Gasteiger partial charge in [-0.05, 0) is 30.5 Å². The van der Waals surface area contributed by atoms with Crippen LogP contribution in [0.2, 0.25) is 0 Å².